The van der Waals surface area contributed by atoms with Crippen LogP contribution in [0.2, 0.25) is 0 Å². The lowest BCUT2D eigenvalue weighted by Gasteiger charge is -2.38. The van der Waals surface area contributed by atoms with Crippen LogP contribution in [-0.2, 0) is 32.5 Å². The average Bonchev–Trinajstić information content (AvgIpc) is 3.30. The number of carbonyl (C=O) groups excluding carboxylic acids is 1. The van der Waals surface area contributed by atoms with Crippen LogP contribution in [-0.4, -0.2) is 55.8 Å². The first-order chi connectivity index (χ1) is 18.8. The van der Waals surface area contributed by atoms with E-state index >= 15 is 0 Å². The molecule has 3 aliphatic heterocycles. The summed E-state index contributed by atoms with van der Waals surface area (Å²) in [6.07, 6.45) is 0.0294. The maximum atomic E-state index is 13.3. The van der Waals surface area contributed by atoms with Crippen molar-refractivity contribution < 1.29 is 32.2 Å². The normalized spacial score (nSPS) is 23.8. The molecule has 1 saturated heterocycles. The number of hydrogen-bond donors (Lipinski definition) is 2. The van der Waals surface area contributed by atoms with Crippen molar-refractivity contribution in [3.63, 3.8) is 0 Å². The van der Waals surface area contributed by atoms with Crippen LogP contribution in [0.15, 0.2) is 71.6 Å². The molecular weight excluding hydrogens is 523 g/mol. The Bertz CT molecular complexity index is 1500. The summed E-state index contributed by atoms with van der Waals surface area (Å²) >= 11 is 0. The Kier molecular flexibility index (Phi) is 6.78. The molecule has 204 valence electrons. The second kappa shape index (κ2) is 10.3. The Labute approximate surface area is 226 Å². The molecule has 0 aromatic heterocycles. The summed E-state index contributed by atoms with van der Waals surface area (Å²) in [5, 5.41) is 10.1. The number of sulfonamides is 1. The predicted molar refractivity (Wildman–Crippen MR) is 141 cm³/mol. The van der Waals surface area contributed by atoms with Crippen LogP contribution in [0.1, 0.15) is 35.4 Å². The predicted octanol–water partition coefficient (Wildman–Crippen LogP) is 3.60. The maximum absolute atomic E-state index is 13.3. The number of rotatable bonds is 6. The minimum atomic E-state index is -3.92. The first kappa shape index (κ1) is 25.8. The van der Waals surface area contributed by atoms with Crippen molar-refractivity contribution in [1.82, 2.24) is 4.90 Å². The number of nitrogens with zero attached hydrogens (tertiary/aromatic N) is 1. The van der Waals surface area contributed by atoms with Crippen molar-refractivity contribution in [1.29, 1.82) is 0 Å². The number of carbonyl (C=O) groups is 1. The summed E-state index contributed by atoms with van der Waals surface area (Å²) < 4.78 is 53.7. The number of benzene rings is 3. The number of aliphatic hydroxyl groups is 1. The number of halogens is 1. The van der Waals surface area contributed by atoms with E-state index in [0.717, 1.165) is 29.7 Å². The van der Waals surface area contributed by atoms with E-state index in [2.05, 4.69) is 10.8 Å². The zero-order valence-corrected chi connectivity index (χ0v) is 21.9. The molecule has 3 heterocycles. The number of amides is 1. The molecular formula is C29H29FN2O6S. The van der Waals surface area contributed by atoms with E-state index < -0.39 is 34.2 Å². The smallest absolute Gasteiger partial charge is 0.261 e. The molecule has 4 atom stereocenters. The minimum absolute atomic E-state index is 0.00425. The molecule has 0 unspecified atom stereocenters. The summed E-state index contributed by atoms with van der Waals surface area (Å²) in [4.78, 5) is 15.0. The largest absolute Gasteiger partial charge is 0.487 e. The Hall–Kier alpha value is -3.47. The molecule has 3 aromatic carbocycles. The summed E-state index contributed by atoms with van der Waals surface area (Å²) in [5.41, 5.74) is 3.56. The summed E-state index contributed by atoms with van der Waals surface area (Å²) in [7, 11) is -3.92. The second-order valence-electron chi connectivity index (χ2n) is 10.3. The van der Waals surface area contributed by atoms with Gasteiger partial charge in [0.1, 0.15) is 23.8 Å². The molecule has 0 radical (unpaired) electrons. The van der Waals surface area contributed by atoms with E-state index in [-0.39, 0.29) is 29.7 Å². The zero-order chi connectivity index (χ0) is 27.1. The van der Waals surface area contributed by atoms with Gasteiger partial charge in [0.05, 0.1) is 24.0 Å². The van der Waals surface area contributed by atoms with Gasteiger partial charge in [-0.15, -0.1) is 0 Å². The second-order valence-corrected chi connectivity index (χ2v) is 11.9. The third-order valence-electron chi connectivity index (χ3n) is 7.76. The van der Waals surface area contributed by atoms with Crippen LogP contribution >= 0.6 is 0 Å². The van der Waals surface area contributed by atoms with Crippen molar-refractivity contribution >= 4 is 21.6 Å². The van der Waals surface area contributed by atoms with Crippen LogP contribution in [0, 0.1) is 5.82 Å². The van der Waals surface area contributed by atoms with E-state index in [1.165, 1.54) is 17.7 Å². The van der Waals surface area contributed by atoms with Crippen molar-refractivity contribution in [3.8, 4) is 5.75 Å². The van der Waals surface area contributed by atoms with E-state index in [0.29, 0.717) is 30.9 Å². The third kappa shape index (κ3) is 5.11. The quantitative estimate of drug-likeness (QED) is 0.484. The zero-order valence-electron chi connectivity index (χ0n) is 21.1. The van der Waals surface area contributed by atoms with Gasteiger partial charge < -0.3 is 19.5 Å². The molecule has 10 heteroatoms. The molecule has 1 fully saturated rings. The molecule has 1 amide bonds. The fourth-order valence-corrected chi connectivity index (χ4v) is 6.86. The molecule has 0 bridgehead atoms. The van der Waals surface area contributed by atoms with Crippen molar-refractivity contribution in [2.75, 3.05) is 17.9 Å². The van der Waals surface area contributed by atoms with Gasteiger partial charge in [0.15, 0.2) is 0 Å². The standard InChI is InChI=1S/C29H29FN2O6S/c30-20-5-8-23(9-6-20)39(35,36)31-21-7-10-26-24(13-21)25-14-22(37-27(17-33)29(25)38-26)15-28(34)32-12-11-18-3-1-2-4-19(18)16-32/h1-10,13,22,25,27,29,31,33H,11-12,14-17H2/t22-,25+,27+,29-/m0/s1. The molecule has 0 aliphatic carbocycles. The van der Waals surface area contributed by atoms with E-state index in [1.807, 2.05) is 23.1 Å². The fourth-order valence-electron chi connectivity index (χ4n) is 5.81. The first-order valence-corrected chi connectivity index (χ1v) is 14.5. The Morgan fingerprint density at radius 1 is 1.08 bits per heavy atom. The van der Waals surface area contributed by atoms with Crippen LogP contribution in [0.25, 0.3) is 0 Å². The molecule has 39 heavy (non-hydrogen) atoms. The monoisotopic (exact) mass is 552 g/mol. The van der Waals surface area contributed by atoms with Crippen LogP contribution < -0.4 is 9.46 Å². The lowest BCUT2D eigenvalue weighted by atomic mass is 9.84. The van der Waals surface area contributed by atoms with Crippen LogP contribution in [0.5, 0.6) is 5.75 Å². The Morgan fingerprint density at radius 2 is 1.85 bits per heavy atom. The molecule has 3 aliphatic rings. The van der Waals surface area contributed by atoms with Crippen LogP contribution in [0.3, 0.4) is 0 Å². The highest BCUT2D eigenvalue weighted by atomic mass is 32.2. The van der Waals surface area contributed by atoms with Gasteiger partial charge in [0.2, 0.25) is 5.91 Å². The number of fused-ring (bicyclic) bond motifs is 4. The molecule has 0 spiro atoms. The highest BCUT2D eigenvalue weighted by Crippen LogP contribution is 2.47. The molecule has 2 N–H and O–H groups in total. The van der Waals surface area contributed by atoms with Crippen molar-refractivity contribution in [2.45, 2.75) is 54.9 Å². The number of ether oxygens (including phenoxy) is 2. The SMILES string of the molecule is O=C(C[C@@H]1C[C@@H]2c3cc(NS(=O)(=O)c4ccc(F)cc4)ccc3O[C@@H]2[C@@H](CO)O1)N1CCc2ccccc2C1. The van der Waals surface area contributed by atoms with Gasteiger partial charge in [-0.2, -0.15) is 0 Å². The van der Waals surface area contributed by atoms with Gasteiger partial charge in [-0.1, -0.05) is 24.3 Å². The van der Waals surface area contributed by atoms with Crippen molar-refractivity contribution in [2.24, 2.45) is 0 Å². The average molecular weight is 553 g/mol. The van der Waals surface area contributed by atoms with Gasteiger partial charge in [-0.3, -0.25) is 9.52 Å². The lowest BCUT2D eigenvalue weighted by molar-refractivity contribution is -0.149. The van der Waals surface area contributed by atoms with E-state index in [9.17, 15) is 22.7 Å². The van der Waals surface area contributed by atoms with E-state index in [4.69, 9.17) is 9.47 Å². The summed E-state index contributed by atoms with van der Waals surface area (Å²) in [6, 6.07) is 17.7. The third-order valence-corrected chi connectivity index (χ3v) is 9.16. The van der Waals surface area contributed by atoms with Gasteiger partial charge in [-0.25, -0.2) is 12.8 Å². The van der Waals surface area contributed by atoms with Gasteiger partial charge in [0, 0.05) is 30.3 Å². The highest BCUT2D eigenvalue weighted by Gasteiger charge is 2.46. The molecule has 6 rings (SSSR count). The number of nitrogens with one attached hydrogen (secondary N) is 1. The Morgan fingerprint density at radius 3 is 2.62 bits per heavy atom. The molecule has 8 nitrogen and oxygen atoms in total. The van der Waals surface area contributed by atoms with Crippen molar-refractivity contribution in [3.05, 3.63) is 89.2 Å². The maximum Gasteiger partial charge on any atom is 0.261 e. The minimum Gasteiger partial charge on any atom is -0.487 e. The number of anilines is 1. The first-order valence-electron chi connectivity index (χ1n) is 13.0. The van der Waals surface area contributed by atoms with Gasteiger partial charge >= 0.3 is 0 Å². The highest BCUT2D eigenvalue weighted by molar-refractivity contribution is 7.92. The van der Waals surface area contributed by atoms with Gasteiger partial charge in [0.25, 0.3) is 10.0 Å². The number of hydrogen-bond acceptors (Lipinski definition) is 6. The summed E-state index contributed by atoms with van der Waals surface area (Å²) in [5.74, 6) is -0.104. The Balaban J connectivity index is 1.18. The fraction of sp³-hybridized carbons (Fsp3) is 0.345. The summed E-state index contributed by atoms with van der Waals surface area (Å²) in [6.45, 7) is 0.962. The topological polar surface area (TPSA) is 105 Å². The van der Waals surface area contributed by atoms with Gasteiger partial charge in [-0.05, 0) is 66.4 Å². The molecule has 3 aromatic rings. The molecule has 0 saturated carbocycles. The van der Waals surface area contributed by atoms with E-state index in [1.54, 1.807) is 18.2 Å². The lowest BCUT2D eigenvalue weighted by Crippen LogP contribution is -2.48. The van der Waals surface area contributed by atoms with Crippen LogP contribution in [0.4, 0.5) is 10.1 Å². The number of aliphatic hydroxyl groups excluding tert-OH is 1.